The molecule has 21 heavy (non-hydrogen) atoms. The molecule has 3 nitrogen and oxygen atoms in total. The van der Waals surface area contributed by atoms with Crippen LogP contribution in [0.1, 0.15) is 57.6 Å². The van der Waals surface area contributed by atoms with E-state index in [1.165, 1.54) is 19.3 Å². The van der Waals surface area contributed by atoms with E-state index in [0.717, 1.165) is 18.4 Å². The Morgan fingerprint density at radius 1 is 1.24 bits per heavy atom. The Kier molecular flexibility index (Phi) is 4.84. The van der Waals surface area contributed by atoms with Gasteiger partial charge in [-0.3, -0.25) is 0 Å². The highest BCUT2D eigenvalue weighted by Gasteiger charge is 2.35. The maximum Gasteiger partial charge on any atom is 0.338 e. The molecule has 1 N–H and O–H groups in total. The molecule has 1 aliphatic carbocycles. The molecule has 1 aromatic rings. The van der Waals surface area contributed by atoms with Gasteiger partial charge in [-0.2, -0.15) is 0 Å². The largest absolute Gasteiger partial charge is 0.423 e. The van der Waals surface area contributed by atoms with E-state index in [1.54, 1.807) is 19.1 Å². The van der Waals surface area contributed by atoms with Gasteiger partial charge in [-0.1, -0.05) is 44.9 Å². The van der Waals surface area contributed by atoms with Crippen molar-refractivity contribution in [2.24, 2.45) is 5.41 Å². The van der Waals surface area contributed by atoms with Gasteiger partial charge in [0.1, 0.15) is 5.75 Å². The number of hydrogen-bond acceptors (Lipinski definition) is 3. The molecule has 1 saturated carbocycles. The lowest BCUT2D eigenvalue weighted by Crippen LogP contribution is -2.28. The molecule has 3 heteroatoms. The van der Waals surface area contributed by atoms with Crippen LogP contribution in [0.3, 0.4) is 0 Å². The van der Waals surface area contributed by atoms with E-state index in [-0.39, 0.29) is 5.41 Å². The zero-order valence-electron chi connectivity index (χ0n) is 12.9. The molecule has 1 aliphatic rings. The highest BCUT2D eigenvalue weighted by molar-refractivity contribution is 5.88. The maximum atomic E-state index is 11.5. The summed E-state index contributed by atoms with van der Waals surface area (Å²) in [6, 6.07) is 7.13. The van der Waals surface area contributed by atoms with Gasteiger partial charge >= 0.3 is 5.97 Å². The van der Waals surface area contributed by atoms with Crippen LogP contribution in [0.5, 0.6) is 5.75 Å². The molecule has 2 rings (SSSR count). The van der Waals surface area contributed by atoms with Gasteiger partial charge in [-0.05, 0) is 42.9 Å². The van der Waals surface area contributed by atoms with Crippen molar-refractivity contribution in [2.45, 2.75) is 52.1 Å². The summed E-state index contributed by atoms with van der Waals surface area (Å²) in [6.07, 6.45) is 5.27. The zero-order chi connectivity index (χ0) is 15.5. The van der Waals surface area contributed by atoms with Crippen molar-refractivity contribution in [2.75, 3.05) is 0 Å². The zero-order valence-corrected chi connectivity index (χ0v) is 12.9. The summed E-state index contributed by atoms with van der Waals surface area (Å²) in [7, 11) is 0. The Hall–Kier alpha value is -1.61. The maximum absolute atomic E-state index is 11.5. The quantitative estimate of drug-likeness (QED) is 0.514. The van der Waals surface area contributed by atoms with Gasteiger partial charge in [-0.25, -0.2) is 4.79 Å². The Bertz CT molecular complexity index is 510. The van der Waals surface area contributed by atoms with Crippen LogP contribution in [0.15, 0.2) is 36.4 Å². The first-order chi connectivity index (χ1) is 9.92. The van der Waals surface area contributed by atoms with E-state index in [9.17, 15) is 9.90 Å². The van der Waals surface area contributed by atoms with Crippen molar-refractivity contribution in [3.63, 3.8) is 0 Å². The standard InChI is InChI=1S/C18H24O3/c1-13(2)17(20)21-15-9-7-14(8-10-15)16(19)18(3)11-5-4-6-12-18/h7-10,16,19H,1,4-6,11-12H2,2-3H3. The van der Waals surface area contributed by atoms with Crippen LogP contribution < -0.4 is 4.74 Å². The van der Waals surface area contributed by atoms with Crippen LogP contribution in [0.25, 0.3) is 0 Å². The third-order valence-electron chi connectivity index (χ3n) is 4.41. The van der Waals surface area contributed by atoms with Gasteiger partial charge in [0.2, 0.25) is 0 Å². The predicted molar refractivity (Wildman–Crippen MR) is 83.0 cm³/mol. The molecule has 0 aromatic heterocycles. The van der Waals surface area contributed by atoms with E-state index >= 15 is 0 Å². The smallest absolute Gasteiger partial charge is 0.338 e. The van der Waals surface area contributed by atoms with Crippen LogP contribution in [0, 0.1) is 5.41 Å². The molecule has 0 spiro atoms. The molecule has 114 valence electrons. The van der Waals surface area contributed by atoms with E-state index < -0.39 is 12.1 Å². The number of benzene rings is 1. The van der Waals surface area contributed by atoms with Gasteiger partial charge in [0, 0.05) is 5.57 Å². The molecule has 0 heterocycles. The normalized spacial score (nSPS) is 18.8. The Labute approximate surface area is 126 Å². The molecule has 1 aromatic carbocycles. The molecule has 0 saturated heterocycles. The third-order valence-corrected chi connectivity index (χ3v) is 4.41. The van der Waals surface area contributed by atoms with Crippen LogP contribution in [0.2, 0.25) is 0 Å². The van der Waals surface area contributed by atoms with Crippen molar-refractivity contribution in [3.05, 3.63) is 42.0 Å². The molecule has 0 aliphatic heterocycles. The van der Waals surface area contributed by atoms with Gasteiger partial charge in [0.15, 0.2) is 0 Å². The molecule has 1 fully saturated rings. The summed E-state index contributed by atoms with van der Waals surface area (Å²) in [6.45, 7) is 7.33. The van der Waals surface area contributed by atoms with E-state index in [1.807, 2.05) is 12.1 Å². The minimum atomic E-state index is -0.469. The lowest BCUT2D eigenvalue weighted by molar-refractivity contribution is -0.130. The van der Waals surface area contributed by atoms with Gasteiger partial charge in [0.25, 0.3) is 0 Å². The third kappa shape index (κ3) is 3.73. The van der Waals surface area contributed by atoms with Crippen molar-refractivity contribution in [3.8, 4) is 5.75 Å². The number of carbonyl (C=O) groups excluding carboxylic acids is 1. The minimum absolute atomic E-state index is 0.0475. The average Bonchev–Trinajstić information content (AvgIpc) is 2.48. The van der Waals surface area contributed by atoms with Gasteiger partial charge in [0.05, 0.1) is 6.10 Å². The topological polar surface area (TPSA) is 46.5 Å². The molecule has 1 atom stereocenters. The van der Waals surface area contributed by atoms with Crippen molar-refractivity contribution in [1.29, 1.82) is 0 Å². The van der Waals surface area contributed by atoms with Crippen LogP contribution in [0.4, 0.5) is 0 Å². The Morgan fingerprint density at radius 3 is 2.33 bits per heavy atom. The fourth-order valence-corrected chi connectivity index (χ4v) is 2.95. The summed E-state index contributed by atoms with van der Waals surface area (Å²) >= 11 is 0. The second kappa shape index (κ2) is 6.44. The molecular formula is C18H24O3. The van der Waals surface area contributed by atoms with Crippen LogP contribution in [-0.2, 0) is 4.79 Å². The number of hydrogen-bond donors (Lipinski definition) is 1. The van der Waals surface area contributed by atoms with E-state index in [0.29, 0.717) is 11.3 Å². The molecule has 0 radical (unpaired) electrons. The predicted octanol–water partition coefficient (Wildman–Crippen LogP) is 4.17. The monoisotopic (exact) mass is 288 g/mol. The second-order valence-electron chi connectivity index (χ2n) is 6.36. The molecule has 1 unspecified atom stereocenters. The lowest BCUT2D eigenvalue weighted by Gasteiger charge is -2.38. The summed E-state index contributed by atoms with van der Waals surface area (Å²) in [5.41, 5.74) is 1.21. The van der Waals surface area contributed by atoms with E-state index in [2.05, 4.69) is 13.5 Å². The fraction of sp³-hybridized carbons (Fsp3) is 0.500. The number of aliphatic hydroxyl groups is 1. The highest BCUT2D eigenvalue weighted by Crippen LogP contribution is 2.45. The summed E-state index contributed by atoms with van der Waals surface area (Å²) in [5.74, 6) is 0.0512. The Balaban J connectivity index is 2.07. The summed E-state index contributed by atoms with van der Waals surface area (Å²) in [4.78, 5) is 11.5. The first kappa shape index (κ1) is 15.8. The second-order valence-corrected chi connectivity index (χ2v) is 6.36. The fourth-order valence-electron chi connectivity index (χ4n) is 2.95. The number of aliphatic hydroxyl groups excluding tert-OH is 1. The lowest BCUT2D eigenvalue weighted by atomic mass is 9.70. The first-order valence-corrected chi connectivity index (χ1v) is 7.58. The minimum Gasteiger partial charge on any atom is -0.423 e. The van der Waals surface area contributed by atoms with E-state index in [4.69, 9.17) is 4.74 Å². The first-order valence-electron chi connectivity index (χ1n) is 7.58. The Morgan fingerprint density at radius 2 is 1.81 bits per heavy atom. The number of ether oxygens (including phenoxy) is 1. The number of rotatable bonds is 4. The van der Waals surface area contributed by atoms with Crippen molar-refractivity contribution in [1.82, 2.24) is 0 Å². The number of carbonyl (C=O) groups is 1. The van der Waals surface area contributed by atoms with Gasteiger partial charge in [-0.15, -0.1) is 0 Å². The summed E-state index contributed by atoms with van der Waals surface area (Å²) in [5, 5.41) is 10.6. The van der Waals surface area contributed by atoms with Crippen LogP contribution in [-0.4, -0.2) is 11.1 Å². The van der Waals surface area contributed by atoms with Crippen molar-refractivity contribution >= 4 is 5.97 Å². The average molecular weight is 288 g/mol. The van der Waals surface area contributed by atoms with Gasteiger partial charge < -0.3 is 9.84 Å². The summed E-state index contributed by atoms with van der Waals surface area (Å²) < 4.78 is 5.16. The molecule has 0 bridgehead atoms. The van der Waals surface area contributed by atoms with Crippen molar-refractivity contribution < 1.29 is 14.6 Å². The highest BCUT2D eigenvalue weighted by atomic mass is 16.5. The molecule has 0 amide bonds. The molecular weight excluding hydrogens is 264 g/mol. The van der Waals surface area contributed by atoms with Crippen LogP contribution >= 0.6 is 0 Å². The number of esters is 1. The SMILES string of the molecule is C=C(C)C(=O)Oc1ccc(C(O)C2(C)CCCCC2)cc1.